The molecule has 1 amide bonds. The number of carbonyl (C=O) groups is 1. The summed E-state index contributed by atoms with van der Waals surface area (Å²) >= 11 is 6.06. The van der Waals surface area contributed by atoms with E-state index < -0.39 is 0 Å². The van der Waals surface area contributed by atoms with E-state index in [-0.39, 0.29) is 18.1 Å². The van der Waals surface area contributed by atoms with Crippen LogP contribution in [-0.4, -0.2) is 36.5 Å². The smallest absolute Gasteiger partial charge is 0.246 e. The van der Waals surface area contributed by atoms with Crippen LogP contribution in [0.25, 0.3) is 0 Å². The van der Waals surface area contributed by atoms with Crippen molar-refractivity contribution in [1.29, 1.82) is 0 Å². The maximum Gasteiger partial charge on any atom is 0.246 e. The number of hydrogen-bond acceptors (Lipinski definition) is 3. The molecule has 2 aromatic rings. The quantitative estimate of drug-likeness (QED) is 0.749. The summed E-state index contributed by atoms with van der Waals surface area (Å²) in [5, 5.41) is 0.686. The van der Waals surface area contributed by atoms with Gasteiger partial charge in [-0.3, -0.25) is 14.6 Å². The Morgan fingerprint density at radius 1 is 1.04 bits per heavy atom. The van der Waals surface area contributed by atoms with Crippen LogP contribution >= 0.6 is 11.6 Å². The first kappa shape index (κ1) is 18.3. The molecule has 2 atom stereocenters. The van der Waals surface area contributed by atoms with Gasteiger partial charge in [-0.05, 0) is 68.7 Å². The second-order valence-electron chi connectivity index (χ2n) is 7.22. The molecule has 0 aliphatic carbocycles. The van der Waals surface area contributed by atoms with Crippen LogP contribution in [-0.2, 0) is 4.79 Å². The first-order chi connectivity index (χ1) is 13.1. The van der Waals surface area contributed by atoms with Crippen molar-refractivity contribution in [3.05, 3.63) is 59.1 Å². The van der Waals surface area contributed by atoms with Gasteiger partial charge in [-0.25, -0.2) is 0 Å². The molecule has 2 aliphatic heterocycles. The molecule has 0 unspecified atom stereocenters. The first-order valence-corrected chi connectivity index (χ1v) is 10.2. The van der Waals surface area contributed by atoms with Crippen molar-refractivity contribution in [2.24, 2.45) is 0 Å². The van der Waals surface area contributed by atoms with Gasteiger partial charge in [-0.2, -0.15) is 0 Å². The maximum atomic E-state index is 13.2. The lowest BCUT2D eigenvalue weighted by Crippen LogP contribution is -2.32. The molecular formula is C22H26ClN3O. The lowest BCUT2D eigenvalue weighted by atomic mass is 10.1. The standard InChI is InChI=1S/C22H26ClN3O/c1-3-24(4-2)18-11-7-16(8-12-18)21-25-15-5-6-20(25)22(27)26(21)19-13-9-17(23)10-14-19/h7-14,20-21H,3-6,15H2,1-2H3/t20-,21+/m0/s1. The van der Waals surface area contributed by atoms with E-state index in [0.29, 0.717) is 5.02 Å². The van der Waals surface area contributed by atoms with Gasteiger partial charge in [0.1, 0.15) is 6.17 Å². The number of amides is 1. The number of nitrogens with zero attached hydrogens (tertiary/aromatic N) is 3. The highest BCUT2D eigenvalue weighted by Crippen LogP contribution is 2.42. The summed E-state index contributed by atoms with van der Waals surface area (Å²) < 4.78 is 0. The number of hydrogen-bond donors (Lipinski definition) is 0. The zero-order chi connectivity index (χ0) is 19.0. The summed E-state index contributed by atoms with van der Waals surface area (Å²) in [4.78, 5) is 19.8. The van der Waals surface area contributed by atoms with Crippen molar-refractivity contribution in [2.45, 2.75) is 38.9 Å². The Hall–Kier alpha value is -2.04. The van der Waals surface area contributed by atoms with Crippen LogP contribution in [0.3, 0.4) is 0 Å². The number of rotatable bonds is 5. The van der Waals surface area contributed by atoms with Crippen molar-refractivity contribution >= 4 is 28.9 Å². The average molecular weight is 384 g/mol. The molecule has 0 N–H and O–H groups in total. The highest BCUT2D eigenvalue weighted by molar-refractivity contribution is 6.30. The lowest BCUT2D eigenvalue weighted by Gasteiger charge is -2.30. The minimum Gasteiger partial charge on any atom is -0.372 e. The zero-order valence-corrected chi connectivity index (χ0v) is 16.7. The van der Waals surface area contributed by atoms with Crippen LogP contribution in [0.1, 0.15) is 38.4 Å². The summed E-state index contributed by atoms with van der Waals surface area (Å²) in [6.45, 7) is 7.28. The maximum absolute atomic E-state index is 13.2. The van der Waals surface area contributed by atoms with Crippen molar-refractivity contribution in [2.75, 3.05) is 29.4 Å². The summed E-state index contributed by atoms with van der Waals surface area (Å²) in [5.41, 5.74) is 3.30. The molecular weight excluding hydrogens is 358 g/mol. The number of fused-ring (bicyclic) bond motifs is 1. The Bertz CT molecular complexity index is 801. The van der Waals surface area contributed by atoms with E-state index >= 15 is 0 Å². The van der Waals surface area contributed by atoms with Gasteiger partial charge >= 0.3 is 0 Å². The molecule has 142 valence electrons. The SMILES string of the molecule is CCN(CC)c1ccc([C@H]2N(c3ccc(Cl)cc3)C(=O)[C@@H]3CCCN32)cc1. The van der Waals surface area contributed by atoms with Crippen LogP contribution < -0.4 is 9.80 Å². The molecule has 0 aromatic heterocycles. The Labute approximate surface area is 166 Å². The Kier molecular flexibility index (Phi) is 5.11. The summed E-state index contributed by atoms with van der Waals surface area (Å²) in [6, 6.07) is 16.3. The summed E-state index contributed by atoms with van der Waals surface area (Å²) in [7, 11) is 0. The second kappa shape index (κ2) is 7.53. The highest BCUT2D eigenvalue weighted by Gasteiger charge is 2.49. The molecule has 2 aliphatic rings. The third kappa shape index (κ3) is 3.21. The van der Waals surface area contributed by atoms with Gasteiger partial charge in [0, 0.05) is 36.0 Å². The topological polar surface area (TPSA) is 26.8 Å². The Morgan fingerprint density at radius 2 is 1.70 bits per heavy atom. The normalized spacial score (nSPS) is 22.3. The largest absolute Gasteiger partial charge is 0.372 e. The van der Waals surface area contributed by atoms with Crippen molar-refractivity contribution in [3.63, 3.8) is 0 Å². The predicted molar refractivity (Wildman–Crippen MR) is 111 cm³/mol. The Balaban J connectivity index is 1.71. The third-order valence-corrected chi connectivity index (χ3v) is 6.05. The van der Waals surface area contributed by atoms with Crippen LogP contribution in [0.4, 0.5) is 11.4 Å². The first-order valence-electron chi connectivity index (χ1n) is 9.83. The molecule has 0 spiro atoms. The molecule has 4 nitrogen and oxygen atoms in total. The van der Waals surface area contributed by atoms with E-state index in [1.165, 1.54) is 11.3 Å². The van der Waals surface area contributed by atoms with Crippen LogP contribution in [0.15, 0.2) is 48.5 Å². The minimum absolute atomic E-state index is 0.00635. The van der Waals surface area contributed by atoms with Gasteiger partial charge in [0.25, 0.3) is 0 Å². The number of carbonyl (C=O) groups excluding carboxylic acids is 1. The fourth-order valence-corrected chi connectivity index (χ4v) is 4.56. The number of benzene rings is 2. The van der Waals surface area contributed by atoms with Gasteiger partial charge in [0.2, 0.25) is 5.91 Å². The molecule has 27 heavy (non-hydrogen) atoms. The molecule has 0 bridgehead atoms. The molecule has 2 saturated heterocycles. The molecule has 0 radical (unpaired) electrons. The molecule has 0 saturated carbocycles. The molecule has 2 fully saturated rings. The van der Waals surface area contributed by atoms with Gasteiger partial charge in [-0.1, -0.05) is 23.7 Å². The van der Waals surface area contributed by atoms with E-state index in [4.69, 9.17) is 11.6 Å². The second-order valence-corrected chi connectivity index (χ2v) is 7.65. The van der Waals surface area contributed by atoms with E-state index in [2.05, 4.69) is 47.9 Å². The van der Waals surface area contributed by atoms with E-state index in [1.54, 1.807) is 0 Å². The van der Waals surface area contributed by atoms with Crippen LogP contribution in [0, 0.1) is 0 Å². The van der Waals surface area contributed by atoms with Gasteiger partial charge in [0.15, 0.2) is 0 Å². The number of halogens is 1. The fourth-order valence-electron chi connectivity index (χ4n) is 4.43. The molecule has 2 aromatic carbocycles. The van der Waals surface area contributed by atoms with Gasteiger partial charge in [0.05, 0.1) is 6.04 Å². The Morgan fingerprint density at radius 3 is 2.33 bits per heavy atom. The van der Waals surface area contributed by atoms with Gasteiger partial charge < -0.3 is 4.90 Å². The van der Waals surface area contributed by atoms with Crippen molar-refractivity contribution in [1.82, 2.24) is 4.90 Å². The molecule has 4 rings (SSSR count). The van der Waals surface area contributed by atoms with Crippen LogP contribution in [0.2, 0.25) is 5.02 Å². The number of anilines is 2. The van der Waals surface area contributed by atoms with Gasteiger partial charge in [-0.15, -0.1) is 0 Å². The zero-order valence-electron chi connectivity index (χ0n) is 15.9. The van der Waals surface area contributed by atoms with Crippen molar-refractivity contribution in [3.8, 4) is 0 Å². The fraction of sp³-hybridized carbons (Fsp3) is 0.409. The molecule has 2 heterocycles. The van der Waals surface area contributed by atoms with E-state index in [1.807, 2.05) is 29.2 Å². The minimum atomic E-state index is -0.0445. The highest BCUT2D eigenvalue weighted by atomic mass is 35.5. The summed E-state index contributed by atoms with van der Waals surface area (Å²) in [5.74, 6) is 0.202. The average Bonchev–Trinajstić information content (AvgIpc) is 3.27. The van der Waals surface area contributed by atoms with E-state index in [9.17, 15) is 4.79 Å². The monoisotopic (exact) mass is 383 g/mol. The summed E-state index contributed by atoms with van der Waals surface area (Å²) in [6.07, 6.45) is 1.98. The van der Waals surface area contributed by atoms with E-state index in [0.717, 1.165) is 38.2 Å². The van der Waals surface area contributed by atoms with Crippen molar-refractivity contribution < 1.29 is 4.79 Å². The third-order valence-electron chi connectivity index (χ3n) is 5.80. The lowest BCUT2D eigenvalue weighted by molar-refractivity contribution is -0.119. The predicted octanol–water partition coefficient (Wildman–Crippen LogP) is 4.70. The molecule has 5 heteroatoms. The van der Waals surface area contributed by atoms with Crippen LogP contribution in [0.5, 0.6) is 0 Å².